The van der Waals surface area contributed by atoms with Gasteiger partial charge in [-0.1, -0.05) is 24.3 Å². The highest BCUT2D eigenvalue weighted by molar-refractivity contribution is 6.09. The molecular weight excluding hydrogens is 450 g/mol. The molecule has 3 heterocycles. The zero-order valence-corrected chi connectivity index (χ0v) is 19.0. The number of nitrogens with zero attached hydrogens (tertiary/aromatic N) is 1. The third kappa shape index (κ3) is 3.93. The van der Waals surface area contributed by atoms with Crippen LogP contribution < -0.4 is 15.1 Å². The highest BCUT2D eigenvalue weighted by Gasteiger charge is 2.38. The number of hydrogen-bond donors (Lipinski definition) is 1. The van der Waals surface area contributed by atoms with Gasteiger partial charge in [-0.05, 0) is 37.6 Å². The largest absolute Gasteiger partial charge is 0.506 e. The van der Waals surface area contributed by atoms with Crippen LogP contribution >= 0.6 is 0 Å². The van der Waals surface area contributed by atoms with E-state index in [2.05, 4.69) is 4.98 Å². The molecule has 8 heteroatoms. The Hall–Kier alpha value is -4.46. The van der Waals surface area contributed by atoms with Crippen LogP contribution in [0.15, 0.2) is 63.9 Å². The molecule has 176 valence electrons. The van der Waals surface area contributed by atoms with E-state index in [1.807, 2.05) is 18.2 Å². The van der Waals surface area contributed by atoms with Gasteiger partial charge in [0.05, 0.1) is 17.5 Å². The van der Waals surface area contributed by atoms with Crippen molar-refractivity contribution in [3.63, 3.8) is 0 Å². The predicted octanol–water partition coefficient (Wildman–Crippen LogP) is 4.42. The molecule has 35 heavy (non-hydrogen) atoms. The minimum absolute atomic E-state index is 0.0736. The summed E-state index contributed by atoms with van der Waals surface area (Å²) in [6.07, 6.45) is 1.59. The van der Waals surface area contributed by atoms with Crippen LogP contribution in [0.2, 0.25) is 0 Å². The Labute approximate surface area is 199 Å². The number of hydrogen-bond acceptors (Lipinski definition) is 8. The van der Waals surface area contributed by atoms with E-state index in [0.717, 1.165) is 5.69 Å². The van der Waals surface area contributed by atoms with E-state index in [1.54, 1.807) is 37.4 Å². The molecule has 1 aliphatic heterocycles. The SMILES string of the molecule is CC(=O)c1c2c(c3oc(=O)cc(C)c3c1O)C(c1ccccc1OCc1ccccn1)CC(=O)O2. The Morgan fingerprint density at radius 2 is 1.94 bits per heavy atom. The summed E-state index contributed by atoms with van der Waals surface area (Å²) < 4.78 is 17.1. The van der Waals surface area contributed by atoms with Crippen molar-refractivity contribution in [1.29, 1.82) is 0 Å². The summed E-state index contributed by atoms with van der Waals surface area (Å²) in [5.74, 6) is -1.71. The Morgan fingerprint density at radius 1 is 1.17 bits per heavy atom. The first-order valence-corrected chi connectivity index (χ1v) is 11.0. The lowest BCUT2D eigenvalue weighted by Crippen LogP contribution is -2.24. The summed E-state index contributed by atoms with van der Waals surface area (Å²) >= 11 is 0. The Kier molecular flexibility index (Phi) is 5.56. The average molecular weight is 471 g/mol. The summed E-state index contributed by atoms with van der Waals surface area (Å²) in [5.41, 5.74) is 1.47. The van der Waals surface area contributed by atoms with Crippen molar-refractivity contribution in [2.75, 3.05) is 0 Å². The number of carbonyl (C=O) groups excluding carboxylic acids is 2. The number of esters is 1. The number of benzene rings is 2. The van der Waals surface area contributed by atoms with Crippen LogP contribution in [0.4, 0.5) is 0 Å². The van der Waals surface area contributed by atoms with E-state index in [-0.39, 0.29) is 41.1 Å². The number of ether oxygens (including phenoxy) is 2. The smallest absolute Gasteiger partial charge is 0.336 e. The number of pyridine rings is 1. The van der Waals surface area contributed by atoms with Crippen LogP contribution in [0.3, 0.4) is 0 Å². The molecule has 1 N–H and O–H groups in total. The lowest BCUT2D eigenvalue weighted by molar-refractivity contribution is -0.135. The molecule has 2 aromatic heterocycles. The molecule has 1 atom stereocenters. The minimum Gasteiger partial charge on any atom is -0.506 e. The maximum absolute atomic E-state index is 12.7. The van der Waals surface area contributed by atoms with Crippen LogP contribution in [-0.2, 0) is 11.4 Å². The summed E-state index contributed by atoms with van der Waals surface area (Å²) in [4.78, 5) is 41.8. The number of carbonyl (C=O) groups is 2. The van der Waals surface area contributed by atoms with Gasteiger partial charge < -0.3 is 19.0 Å². The quantitative estimate of drug-likeness (QED) is 0.197. The lowest BCUT2D eigenvalue weighted by Gasteiger charge is -2.28. The molecule has 1 aliphatic rings. The van der Waals surface area contributed by atoms with Gasteiger partial charge in [-0.3, -0.25) is 14.6 Å². The van der Waals surface area contributed by atoms with Crippen LogP contribution in [0.5, 0.6) is 17.2 Å². The zero-order valence-electron chi connectivity index (χ0n) is 19.0. The van der Waals surface area contributed by atoms with Gasteiger partial charge in [-0.2, -0.15) is 0 Å². The number of rotatable bonds is 5. The second-order valence-corrected chi connectivity index (χ2v) is 8.35. The monoisotopic (exact) mass is 471 g/mol. The van der Waals surface area contributed by atoms with E-state index in [1.165, 1.54) is 13.0 Å². The molecule has 0 spiro atoms. The normalized spacial score (nSPS) is 14.9. The summed E-state index contributed by atoms with van der Waals surface area (Å²) in [5, 5.41) is 11.2. The number of ketones is 1. The highest BCUT2D eigenvalue weighted by Crippen LogP contribution is 2.50. The fourth-order valence-corrected chi connectivity index (χ4v) is 4.54. The Balaban J connectivity index is 1.75. The van der Waals surface area contributed by atoms with Crippen LogP contribution in [0.25, 0.3) is 11.0 Å². The third-order valence-corrected chi connectivity index (χ3v) is 6.03. The molecule has 4 aromatic rings. The molecule has 0 radical (unpaired) electrons. The fraction of sp³-hybridized carbons (Fsp3) is 0.185. The molecule has 8 nitrogen and oxygen atoms in total. The van der Waals surface area contributed by atoms with Crippen molar-refractivity contribution in [3.8, 4) is 17.2 Å². The maximum Gasteiger partial charge on any atom is 0.336 e. The lowest BCUT2D eigenvalue weighted by atomic mass is 9.82. The number of Topliss-reactive ketones (excluding diaryl/α,β-unsaturated/α-hetero) is 1. The Morgan fingerprint density at radius 3 is 2.69 bits per heavy atom. The maximum atomic E-state index is 12.7. The number of aromatic nitrogens is 1. The minimum atomic E-state index is -0.655. The summed E-state index contributed by atoms with van der Waals surface area (Å²) in [6, 6.07) is 13.9. The van der Waals surface area contributed by atoms with Gasteiger partial charge in [-0.15, -0.1) is 0 Å². The molecule has 0 fully saturated rings. The molecule has 0 saturated carbocycles. The zero-order chi connectivity index (χ0) is 24.7. The first-order valence-electron chi connectivity index (χ1n) is 11.0. The standard InChI is InChI=1S/C27H21NO7/c1-14-11-20(30)34-26-22(14)25(32)23(15(2)29)27-24(26)18(12-21(31)35-27)17-8-3-4-9-19(17)33-13-16-7-5-6-10-28-16/h3-11,18,32H,12-13H2,1-2H3. The number of para-hydroxylation sites is 1. The summed E-state index contributed by atoms with van der Waals surface area (Å²) in [7, 11) is 0. The van der Waals surface area contributed by atoms with Crippen LogP contribution in [-0.4, -0.2) is 21.8 Å². The van der Waals surface area contributed by atoms with Crippen molar-refractivity contribution in [2.45, 2.75) is 32.8 Å². The van der Waals surface area contributed by atoms with Gasteiger partial charge in [0.2, 0.25) is 0 Å². The van der Waals surface area contributed by atoms with Gasteiger partial charge >= 0.3 is 11.6 Å². The number of aryl methyl sites for hydroxylation is 1. The molecular formula is C27H21NO7. The van der Waals surface area contributed by atoms with Crippen LogP contribution in [0.1, 0.15) is 52.0 Å². The first-order chi connectivity index (χ1) is 16.8. The van der Waals surface area contributed by atoms with Crippen molar-refractivity contribution < 1.29 is 28.6 Å². The van der Waals surface area contributed by atoms with Gasteiger partial charge in [0, 0.05) is 29.3 Å². The second kappa shape index (κ2) is 8.72. The molecule has 0 bridgehead atoms. The van der Waals surface area contributed by atoms with E-state index in [4.69, 9.17) is 13.9 Å². The van der Waals surface area contributed by atoms with E-state index < -0.39 is 23.3 Å². The molecule has 0 aliphatic carbocycles. The molecule has 0 saturated heterocycles. The summed E-state index contributed by atoms with van der Waals surface area (Å²) in [6.45, 7) is 3.12. The third-order valence-electron chi connectivity index (χ3n) is 6.03. The Bertz CT molecular complexity index is 1540. The van der Waals surface area contributed by atoms with E-state index in [9.17, 15) is 19.5 Å². The van der Waals surface area contributed by atoms with E-state index in [0.29, 0.717) is 22.4 Å². The van der Waals surface area contributed by atoms with Crippen LogP contribution in [0, 0.1) is 6.92 Å². The van der Waals surface area contributed by atoms with Crippen molar-refractivity contribution in [2.24, 2.45) is 0 Å². The van der Waals surface area contributed by atoms with Gasteiger partial charge in [0.1, 0.15) is 29.3 Å². The number of fused-ring (bicyclic) bond motifs is 3. The number of aromatic hydroxyl groups is 1. The fourth-order valence-electron chi connectivity index (χ4n) is 4.54. The van der Waals surface area contributed by atoms with Gasteiger partial charge in [0.15, 0.2) is 11.5 Å². The van der Waals surface area contributed by atoms with Gasteiger partial charge in [-0.25, -0.2) is 4.79 Å². The topological polar surface area (TPSA) is 116 Å². The van der Waals surface area contributed by atoms with Crippen molar-refractivity contribution >= 4 is 22.7 Å². The molecule has 2 aromatic carbocycles. The predicted molar refractivity (Wildman–Crippen MR) is 126 cm³/mol. The second-order valence-electron chi connectivity index (χ2n) is 8.35. The number of phenols is 1. The first kappa shape index (κ1) is 22.3. The molecule has 5 rings (SSSR count). The van der Waals surface area contributed by atoms with E-state index >= 15 is 0 Å². The molecule has 1 unspecified atom stereocenters. The number of phenolic OH excluding ortho intramolecular Hbond substituents is 1. The highest BCUT2D eigenvalue weighted by atomic mass is 16.5. The molecule has 0 amide bonds. The van der Waals surface area contributed by atoms with Crippen molar-refractivity contribution in [3.05, 3.63) is 93.1 Å². The average Bonchev–Trinajstić information content (AvgIpc) is 2.82. The van der Waals surface area contributed by atoms with Crippen molar-refractivity contribution in [1.82, 2.24) is 4.98 Å². The van der Waals surface area contributed by atoms with Gasteiger partial charge in [0.25, 0.3) is 0 Å².